The number of carbonyl (C=O) groups is 2. The lowest BCUT2D eigenvalue weighted by Gasteiger charge is -2.17. The van der Waals surface area contributed by atoms with Crippen LogP contribution >= 0.6 is 0 Å². The molecule has 0 fully saturated rings. The van der Waals surface area contributed by atoms with E-state index in [1.165, 1.54) is 14.2 Å². The second kappa shape index (κ2) is 3.84. The van der Waals surface area contributed by atoms with Crippen molar-refractivity contribution < 1.29 is 19.1 Å². The van der Waals surface area contributed by atoms with E-state index in [-0.39, 0.29) is 12.3 Å². The predicted octanol–water partition coefficient (Wildman–Crippen LogP) is 0.516. The van der Waals surface area contributed by atoms with Crippen LogP contribution in [0.15, 0.2) is 12.1 Å². The molecule has 5 heteroatoms. The number of imide groups is 1. The molecule has 5 nitrogen and oxygen atoms in total. The van der Waals surface area contributed by atoms with Gasteiger partial charge < -0.3 is 9.47 Å². The first-order valence-corrected chi connectivity index (χ1v) is 4.74. The van der Waals surface area contributed by atoms with Crippen LogP contribution in [-0.2, 0) is 11.2 Å². The van der Waals surface area contributed by atoms with Gasteiger partial charge in [0.1, 0.15) is 0 Å². The van der Waals surface area contributed by atoms with E-state index in [0.717, 1.165) is 0 Å². The van der Waals surface area contributed by atoms with E-state index in [1.807, 2.05) is 0 Å². The van der Waals surface area contributed by atoms with E-state index in [1.54, 1.807) is 12.1 Å². The van der Waals surface area contributed by atoms with Crippen LogP contribution in [0.3, 0.4) is 0 Å². The zero-order valence-corrected chi connectivity index (χ0v) is 8.99. The fraction of sp³-hybridized carbons (Fsp3) is 0.273. The molecular formula is C11H11NO4. The molecule has 0 aromatic heterocycles. The van der Waals surface area contributed by atoms with E-state index in [9.17, 15) is 9.59 Å². The summed E-state index contributed by atoms with van der Waals surface area (Å²) in [4.78, 5) is 22.7. The average Bonchev–Trinajstić information content (AvgIpc) is 2.27. The third-order valence-electron chi connectivity index (χ3n) is 2.46. The highest BCUT2D eigenvalue weighted by molar-refractivity contribution is 6.10. The van der Waals surface area contributed by atoms with E-state index < -0.39 is 5.91 Å². The molecule has 0 bridgehead atoms. The number of amides is 2. The van der Waals surface area contributed by atoms with E-state index >= 15 is 0 Å². The van der Waals surface area contributed by atoms with Crippen molar-refractivity contribution in [1.82, 2.24) is 5.32 Å². The number of fused-ring (bicyclic) bond motifs is 1. The van der Waals surface area contributed by atoms with Gasteiger partial charge in [-0.25, -0.2) is 0 Å². The Morgan fingerprint density at radius 3 is 2.38 bits per heavy atom. The van der Waals surface area contributed by atoms with Crippen molar-refractivity contribution in [3.8, 4) is 11.5 Å². The number of ether oxygens (including phenoxy) is 2. The summed E-state index contributed by atoms with van der Waals surface area (Å²) in [5.41, 5.74) is 1.11. The molecule has 1 aliphatic heterocycles. The number of nitrogens with one attached hydrogen (secondary N) is 1. The number of benzene rings is 1. The Morgan fingerprint density at radius 2 is 1.75 bits per heavy atom. The Morgan fingerprint density at radius 1 is 1.12 bits per heavy atom. The molecule has 0 aliphatic carbocycles. The molecule has 0 radical (unpaired) electrons. The van der Waals surface area contributed by atoms with Gasteiger partial charge in [0, 0.05) is 5.56 Å². The summed E-state index contributed by atoms with van der Waals surface area (Å²) in [7, 11) is 3.01. The second-order valence-corrected chi connectivity index (χ2v) is 3.42. The fourth-order valence-electron chi connectivity index (χ4n) is 1.69. The molecule has 0 unspecified atom stereocenters. The zero-order valence-electron chi connectivity index (χ0n) is 8.99. The van der Waals surface area contributed by atoms with Crippen molar-refractivity contribution in [2.24, 2.45) is 0 Å². The van der Waals surface area contributed by atoms with Gasteiger partial charge in [-0.15, -0.1) is 0 Å². The molecular weight excluding hydrogens is 210 g/mol. The van der Waals surface area contributed by atoms with Crippen molar-refractivity contribution >= 4 is 11.8 Å². The van der Waals surface area contributed by atoms with Gasteiger partial charge in [0.25, 0.3) is 5.91 Å². The number of methoxy groups -OCH3 is 2. The summed E-state index contributed by atoms with van der Waals surface area (Å²) < 4.78 is 10.2. The average molecular weight is 221 g/mol. The van der Waals surface area contributed by atoms with Gasteiger partial charge in [0.05, 0.1) is 20.6 Å². The molecule has 0 spiro atoms. The lowest BCUT2D eigenvalue weighted by Crippen LogP contribution is -2.37. The van der Waals surface area contributed by atoms with Crippen LogP contribution in [0.5, 0.6) is 11.5 Å². The minimum absolute atomic E-state index is 0.182. The molecule has 1 aliphatic rings. The summed E-state index contributed by atoms with van der Waals surface area (Å²) in [6, 6.07) is 3.24. The smallest absolute Gasteiger partial charge is 0.258 e. The molecule has 0 saturated heterocycles. The number of carbonyl (C=O) groups excluding carboxylic acids is 2. The fourth-order valence-corrected chi connectivity index (χ4v) is 1.69. The summed E-state index contributed by atoms with van der Waals surface area (Å²) in [6.07, 6.45) is 0.182. The number of hydrogen-bond acceptors (Lipinski definition) is 4. The number of rotatable bonds is 2. The van der Waals surface area contributed by atoms with Crippen molar-refractivity contribution in [2.45, 2.75) is 6.42 Å². The first-order chi connectivity index (χ1) is 7.65. The van der Waals surface area contributed by atoms with Crippen LogP contribution in [-0.4, -0.2) is 26.0 Å². The Balaban J connectivity index is 2.56. The Labute approximate surface area is 92.4 Å². The maximum absolute atomic E-state index is 11.5. The quantitative estimate of drug-likeness (QED) is 0.739. The van der Waals surface area contributed by atoms with Crippen molar-refractivity contribution in [2.75, 3.05) is 14.2 Å². The Kier molecular flexibility index (Phi) is 2.52. The van der Waals surface area contributed by atoms with Gasteiger partial charge in [0.15, 0.2) is 11.5 Å². The van der Waals surface area contributed by atoms with Crippen LogP contribution in [0, 0.1) is 0 Å². The van der Waals surface area contributed by atoms with Gasteiger partial charge in [-0.2, -0.15) is 0 Å². The molecule has 1 aromatic carbocycles. The van der Waals surface area contributed by atoms with E-state index in [2.05, 4.69) is 5.32 Å². The monoisotopic (exact) mass is 221 g/mol. The molecule has 16 heavy (non-hydrogen) atoms. The summed E-state index contributed by atoms with van der Waals surface area (Å²) >= 11 is 0. The molecule has 0 atom stereocenters. The van der Waals surface area contributed by atoms with Gasteiger partial charge in [0.2, 0.25) is 5.91 Å². The van der Waals surface area contributed by atoms with Crippen molar-refractivity contribution in [1.29, 1.82) is 0 Å². The normalized spacial score (nSPS) is 14.1. The van der Waals surface area contributed by atoms with Gasteiger partial charge in [-0.1, -0.05) is 0 Å². The highest BCUT2D eigenvalue weighted by atomic mass is 16.5. The maximum atomic E-state index is 11.5. The lowest BCUT2D eigenvalue weighted by atomic mass is 9.99. The minimum atomic E-state index is -0.396. The molecule has 2 amide bonds. The van der Waals surface area contributed by atoms with Gasteiger partial charge in [-0.3, -0.25) is 14.9 Å². The van der Waals surface area contributed by atoms with Gasteiger partial charge in [-0.05, 0) is 17.7 Å². The second-order valence-electron chi connectivity index (χ2n) is 3.42. The molecule has 0 saturated carbocycles. The number of hydrogen-bond donors (Lipinski definition) is 1. The lowest BCUT2D eigenvalue weighted by molar-refractivity contribution is -0.119. The van der Waals surface area contributed by atoms with Crippen molar-refractivity contribution in [3.05, 3.63) is 23.3 Å². The van der Waals surface area contributed by atoms with Crippen LogP contribution in [0.25, 0.3) is 0 Å². The van der Waals surface area contributed by atoms with Crippen LogP contribution in [0.2, 0.25) is 0 Å². The van der Waals surface area contributed by atoms with Crippen LogP contribution < -0.4 is 14.8 Å². The minimum Gasteiger partial charge on any atom is -0.493 e. The third kappa shape index (κ3) is 1.60. The SMILES string of the molecule is COc1cc2c(cc1OC)C(=O)NC(=O)C2. The summed E-state index contributed by atoms with van der Waals surface area (Å²) in [5.74, 6) is 0.298. The molecule has 84 valence electrons. The Bertz CT molecular complexity index is 467. The topological polar surface area (TPSA) is 64.6 Å². The van der Waals surface area contributed by atoms with Crippen LogP contribution in [0.1, 0.15) is 15.9 Å². The van der Waals surface area contributed by atoms with E-state index in [4.69, 9.17) is 9.47 Å². The molecule has 2 rings (SSSR count). The third-order valence-corrected chi connectivity index (χ3v) is 2.46. The largest absolute Gasteiger partial charge is 0.493 e. The molecule has 1 aromatic rings. The standard InChI is InChI=1S/C11H11NO4/c1-15-8-3-6-4-10(13)12-11(14)7(6)5-9(8)16-2/h3,5H,4H2,1-2H3,(H,12,13,14). The molecule has 1 N–H and O–H groups in total. The highest BCUT2D eigenvalue weighted by Crippen LogP contribution is 2.31. The van der Waals surface area contributed by atoms with Crippen molar-refractivity contribution in [3.63, 3.8) is 0 Å². The summed E-state index contributed by atoms with van der Waals surface area (Å²) in [6.45, 7) is 0. The summed E-state index contributed by atoms with van der Waals surface area (Å²) in [5, 5.41) is 2.25. The maximum Gasteiger partial charge on any atom is 0.258 e. The zero-order chi connectivity index (χ0) is 11.7. The van der Waals surface area contributed by atoms with Crippen LogP contribution in [0.4, 0.5) is 0 Å². The van der Waals surface area contributed by atoms with E-state index in [0.29, 0.717) is 22.6 Å². The predicted molar refractivity (Wildman–Crippen MR) is 55.7 cm³/mol. The molecule has 1 heterocycles. The highest BCUT2D eigenvalue weighted by Gasteiger charge is 2.24. The Hall–Kier alpha value is -2.04. The first kappa shape index (κ1) is 10.5. The van der Waals surface area contributed by atoms with Gasteiger partial charge >= 0.3 is 0 Å². The first-order valence-electron chi connectivity index (χ1n) is 4.74.